The fourth-order valence-corrected chi connectivity index (χ4v) is 1.05. The molecule has 1 aromatic heterocycles. The summed E-state index contributed by atoms with van der Waals surface area (Å²) in [5.41, 5.74) is -1.27. The van der Waals surface area contributed by atoms with Gasteiger partial charge in [-0.3, -0.25) is 0 Å². The van der Waals surface area contributed by atoms with Crippen LogP contribution in [0.4, 0.5) is 22.0 Å². The molecule has 96 valence electrons. The molecule has 0 aliphatic rings. The van der Waals surface area contributed by atoms with Crippen LogP contribution in [0, 0.1) is 0 Å². The summed E-state index contributed by atoms with van der Waals surface area (Å²) in [5.74, 6) is -3.04. The lowest BCUT2D eigenvalue weighted by Crippen LogP contribution is -2.19. The third-order valence-corrected chi connectivity index (χ3v) is 1.63. The number of aromatic hydroxyl groups is 1. The Bertz CT molecular complexity index is 407. The first-order valence-electron chi connectivity index (χ1n) is 4.06. The molecule has 0 saturated heterocycles. The summed E-state index contributed by atoms with van der Waals surface area (Å²) in [5, 5.41) is 9.11. The Kier molecular flexibility index (Phi) is 3.59. The highest BCUT2D eigenvalue weighted by atomic mass is 19.4. The van der Waals surface area contributed by atoms with E-state index in [-0.39, 0.29) is 0 Å². The van der Waals surface area contributed by atoms with Crippen LogP contribution in [0.25, 0.3) is 0 Å². The molecule has 0 atom stereocenters. The fourth-order valence-electron chi connectivity index (χ4n) is 1.05. The van der Waals surface area contributed by atoms with Gasteiger partial charge in [0.1, 0.15) is 0 Å². The molecule has 0 bridgehead atoms. The Labute approximate surface area is 91.6 Å². The van der Waals surface area contributed by atoms with E-state index in [4.69, 9.17) is 5.11 Å². The maximum atomic E-state index is 12.4. The molecular formula is C8H6F5NO3. The van der Waals surface area contributed by atoms with Crippen molar-refractivity contribution in [1.29, 1.82) is 0 Å². The van der Waals surface area contributed by atoms with E-state index >= 15 is 0 Å². The molecule has 17 heavy (non-hydrogen) atoms. The van der Waals surface area contributed by atoms with Gasteiger partial charge in [0.2, 0.25) is 11.5 Å². The average Bonchev–Trinajstić information content (AvgIpc) is 2.15. The zero-order valence-electron chi connectivity index (χ0n) is 8.26. The Hall–Kier alpha value is -1.80. The molecule has 0 unspecified atom stereocenters. The number of methoxy groups -OCH3 is 1. The van der Waals surface area contributed by atoms with Crippen molar-refractivity contribution in [3.8, 4) is 17.2 Å². The van der Waals surface area contributed by atoms with Gasteiger partial charge in [-0.25, -0.2) is 13.8 Å². The molecule has 0 aliphatic carbocycles. The van der Waals surface area contributed by atoms with Crippen LogP contribution < -0.4 is 9.47 Å². The van der Waals surface area contributed by atoms with Crippen molar-refractivity contribution in [3.63, 3.8) is 0 Å². The van der Waals surface area contributed by atoms with Gasteiger partial charge in [-0.05, 0) is 0 Å². The number of hydrogen-bond acceptors (Lipinski definition) is 4. The maximum Gasteiger partial charge on any atom is 0.573 e. The smallest absolute Gasteiger partial charge is 0.503 e. The van der Waals surface area contributed by atoms with Crippen LogP contribution in [-0.2, 0) is 0 Å². The highest BCUT2D eigenvalue weighted by Crippen LogP contribution is 2.43. The number of alkyl halides is 5. The first kappa shape index (κ1) is 13.3. The van der Waals surface area contributed by atoms with E-state index in [1.54, 1.807) is 0 Å². The Morgan fingerprint density at radius 1 is 1.29 bits per heavy atom. The molecule has 4 nitrogen and oxygen atoms in total. The second kappa shape index (κ2) is 4.60. The summed E-state index contributed by atoms with van der Waals surface area (Å²) in [6.07, 6.45) is -7.96. The first-order chi connectivity index (χ1) is 7.76. The van der Waals surface area contributed by atoms with E-state index in [9.17, 15) is 22.0 Å². The molecule has 1 heterocycles. The van der Waals surface area contributed by atoms with Crippen molar-refractivity contribution in [1.82, 2.24) is 4.98 Å². The summed E-state index contributed by atoms with van der Waals surface area (Å²) in [4.78, 5) is 2.97. The Morgan fingerprint density at radius 2 is 1.88 bits per heavy atom. The maximum absolute atomic E-state index is 12.4. The van der Waals surface area contributed by atoms with Gasteiger partial charge in [0.15, 0.2) is 11.4 Å². The van der Waals surface area contributed by atoms with Gasteiger partial charge in [-0.15, -0.1) is 13.2 Å². The number of aromatic nitrogens is 1. The third kappa shape index (κ3) is 3.08. The van der Waals surface area contributed by atoms with E-state index in [0.29, 0.717) is 6.20 Å². The van der Waals surface area contributed by atoms with E-state index < -0.39 is 35.7 Å². The monoisotopic (exact) mass is 259 g/mol. The van der Waals surface area contributed by atoms with Gasteiger partial charge >= 0.3 is 6.36 Å². The van der Waals surface area contributed by atoms with Gasteiger partial charge in [-0.2, -0.15) is 0 Å². The fraction of sp³-hybridized carbons (Fsp3) is 0.375. The van der Waals surface area contributed by atoms with Crippen LogP contribution in [0.5, 0.6) is 17.2 Å². The predicted octanol–water partition coefficient (Wildman–Crippen LogP) is 2.63. The molecule has 0 saturated carbocycles. The van der Waals surface area contributed by atoms with Crippen LogP contribution in [-0.4, -0.2) is 23.6 Å². The minimum atomic E-state index is -5.20. The normalized spacial score (nSPS) is 11.7. The van der Waals surface area contributed by atoms with E-state index in [1.807, 2.05) is 0 Å². The standard InChI is InChI=1S/C8H6F5NO3/c1-16-5-3(15)2-14-4(7(9)10)6(5)17-8(11,12)13/h2,7,15H,1H3. The van der Waals surface area contributed by atoms with Crippen LogP contribution in [0.2, 0.25) is 0 Å². The summed E-state index contributed by atoms with van der Waals surface area (Å²) in [6.45, 7) is 0. The summed E-state index contributed by atoms with van der Waals surface area (Å²) in [6, 6.07) is 0. The number of ether oxygens (including phenoxy) is 2. The van der Waals surface area contributed by atoms with Gasteiger partial charge in [0.05, 0.1) is 13.3 Å². The molecule has 9 heteroatoms. The second-order valence-corrected chi connectivity index (χ2v) is 2.74. The van der Waals surface area contributed by atoms with Crippen LogP contribution >= 0.6 is 0 Å². The molecule has 1 aromatic rings. The van der Waals surface area contributed by atoms with Crippen molar-refractivity contribution < 1.29 is 36.5 Å². The van der Waals surface area contributed by atoms with Crippen LogP contribution in [0.15, 0.2) is 6.20 Å². The highest BCUT2D eigenvalue weighted by molar-refractivity contribution is 5.52. The second-order valence-electron chi connectivity index (χ2n) is 2.74. The average molecular weight is 259 g/mol. The van der Waals surface area contributed by atoms with Gasteiger partial charge < -0.3 is 14.6 Å². The van der Waals surface area contributed by atoms with E-state index in [0.717, 1.165) is 7.11 Å². The summed E-state index contributed by atoms with van der Waals surface area (Å²) in [7, 11) is 0.896. The SMILES string of the molecule is COc1c(O)cnc(C(F)F)c1OC(F)(F)F. The predicted molar refractivity (Wildman–Crippen MR) is 44.1 cm³/mol. The number of halogens is 5. The van der Waals surface area contributed by atoms with Crippen molar-refractivity contribution in [3.05, 3.63) is 11.9 Å². The molecule has 0 fully saturated rings. The van der Waals surface area contributed by atoms with Gasteiger partial charge in [0.25, 0.3) is 6.43 Å². The molecule has 0 spiro atoms. The zero-order valence-corrected chi connectivity index (χ0v) is 8.26. The first-order valence-corrected chi connectivity index (χ1v) is 4.06. The van der Waals surface area contributed by atoms with Crippen molar-refractivity contribution in [2.45, 2.75) is 12.8 Å². The quantitative estimate of drug-likeness (QED) is 0.848. The number of nitrogens with zero attached hydrogens (tertiary/aromatic N) is 1. The van der Waals surface area contributed by atoms with Crippen LogP contribution in [0.3, 0.4) is 0 Å². The lowest BCUT2D eigenvalue weighted by Gasteiger charge is -2.15. The molecule has 1 rings (SSSR count). The number of pyridine rings is 1. The topological polar surface area (TPSA) is 51.6 Å². The number of rotatable bonds is 3. The van der Waals surface area contributed by atoms with E-state index in [2.05, 4.69) is 14.5 Å². The zero-order chi connectivity index (χ0) is 13.2. The third-order valence-electron chi connectivity index (χ3n) is 1.63. The van der Waals surface area contributed by atoms with Crippen molar-refractivity contribution >= 4 is 0 Å². The van der Waals surface area contributed by atoms with Gasteiger partial charge in [-0.1, -0.05) is 0 Å². The summed E-state index contributed by atoms with van der Waals surface area (Å²) >= 11 is 0. The molecular weight excluding hydrogens is 253 g/mol. The lowest BCUT2D eigenvalue weighted by molar-refractivity contribution is -0.275. The molecule has 1 N–H and O–H groups in total. The minimum absolute atomic E-state index is 0.545. The van der Waals surface area contributed by atoms with Gasteiger partial charge in [0, 0.05) is 0 Å². The molecule has 0 amide bonds. The van der Waals surface area contributed by atoms with Crippen molar-refractivity contribution in [2.24, 2.45) is 0 Å². The highest BCUT2D eigenvalue weighted by Gasteiger charge is 2.36. The Balaban J connectivity index is 3.34. The van der Waals surface area contributed by atoms with Crippen molar-refractivity contribution in [2.75, 3.05) is 7.11 Å². The molecule has 0 radical (unpaired) electrons. The summed E-state index contributed by atoms with van der Waals surface area (Å²) < 4.78 is 68.5. The number of hydrogen-bond donors (Lipinski definition) is 1. The van der Waals surface area contributed by atoms with E-state index in [1.165, 1.54) is 0 Å². The minimum Gasteiger partial charge on any atom is -0.503 e. The van der Waals surface area contributed by atoms with Crippen LogP contribution in [0.1, 0.15) is 12.1 Å². The lowest BCUT2D eigenvalue weighted by atomic mass is 10.3. The Morgan fingerprint density at radius 3 is 2.29 bits per heavy atom. The largest absolute Gasteiger partial charge is 0.573 e. The molecule has 0 aromatic carbocycles. The molecule has 0 aliphatic heterocycles.